The van der Waals surface area contributed by atoms with Gasteiger partial charge in [-0.3, -0.25) is 0 Å². The highest BCUT2D eigenvalue weighted by atomic mass is 35.5. The van der Waals surface area contributed by atoms with Crippen LogP contribution < -0.4 is 10.2 Å². The second kappa shape index (κ2) is 6.65. The molecule has 1 fully saturated rings. The molecule has 1 unspecified atom stereocenters. The summed E-state index contributed by atoms with van der Waals surface area (Å²) in [6.45, 7) is 6.53. The maximum absolute atomic E-state index is 6.23. The number of hydrogen-bond donors (Lipinski definition) is 1. The summed E-state index contributed by atoms with van der Waals surface area (Å²) in [6, 6.07) is 5.68. The van der Waals surface area contributed by atoms with Crippen LogP contribution in [0.25, 0.3) is 0 Å². The van der Waals surface area contributed by atoms with Crippen LogP contribution in [-0.4, -0.2) is 26.2 Å². The lowest BCUT2D eigenvalue weighted by Crippen LogP contribution is -2.26. The second-order valence-electron chi connectivity index (χ2n) is 4.90. The van der Waals surface area contributed by atoms with Gasteiger partial charge < -0.3 is 10.2 Å². The van der Waals surface area contributed by atoms with Crippen molar-refractivity contribution in [2.75, 3.05) is 31.1 Å². The van der Waals surface area contributed by atoms with Gasteiger partial charge in [0.1, 0.15) is 0 Å². The third-order valence-corrected chi connectivity index (χ3v) is 3.95. The summed E-state index contributed by atoms with van der Waals surface area (Å²) in [5.41, 5.74) is 1.07. The Hall–Kier alpha value is -0.440. The predicted octanol–water partition coefficient (Wildman–Crippen LogP) is 3.82. The van der Waals surface area contributed by atoms with Gasteiger partial charge >= 0.3 is 0 Å². The van der Waals surface area contributed by atoms with Gasteiger partial charge in [-0.2, -0.15) is 0 Å². The maximum atomic E-state index is 6.23. The SMILES string of the molecule is CCCNCC1CCN(c2cc(Cl)ccc2Cl)C1. The number of halogens is 2. The minimum absolute atomic E-state index is 0.714. The zero-order chi connectivity index (χ0) is 13.0. The van der Waals surface area contributed by atoms with Crippen molar-refractivity contribution in [3.05, 3.63) is 28.2 Å². The van der Waals surface area contributed by atoms with E-state index in [2.05, 4.69) is 17.1 Å². The predicted molar refractivity (Wildman–Crippen MR) is 79.9 cm³/mol. The minimum Gasteiger partial charge on any atom is -0.370 e. The van der Waals surface area contributed by atoms with Crippen LogP contribution in [0.1, 0.15) is 19.8 Å². The first-order chi connectivity index (χ1) is 8.70. The number of hydrogen-bond acceptors (Lipinski definition) is 2. The Balaban J connectivity index is 1.93. The van der Waals surface area contributed by atoms with Crippen LogP contribution in [0.4, 0.5) is 5.69 Å². The lowest BCUT2D eigenvalue weighted by Gasteiger charge is -2.20. The smallest absolute Gasteiger partial charge is 0.0640 e. The van der Waals surface area contributed by atoms with E-state index >= 15 is 0 Å². The fourth-order valence-corrected chi connectivity index (χ4v) is 2.83. The van der Waals surface area contributed by atoms with Crippen LogP contribution >= 0.6 is 23.2 Å². The van der Waals surface area contributed by atoms with Crippen molar-refractivity contribution in [2.45, 2.75) is 19.8 Å². The van der Waals surface area contributed by atoms with Gasteiger partial charge in [-0.1, -0.05) is 30.1 Å². The first-order valence-corrected chi connectivity index (χ1v) is 7.37. The van der Waals surface area contributed by atoms with E-state index in [-0.39, 0.29) is 0 Å². The summed E-state index contributed by atoms with van der Waals surface area (Å²) in [7, 11) is 0. The van der Waals surface area contributed by atoms with Gasteiger partial charge in [-0.15, -0.1) is 0 Å². The van der Waals surface area contributed by atoms with E-state index in [4.69, 9.17) is 23.2 Å². The van der Waals surface area contributed by atoms with E-state index in [0.717, 1.165) is 41.9 Å². The molecule has 100 valence electrons. The average molecular weight is 287 g/mol. The molecule has 18 heavy (non-hydrogen) atoms. The van der Waals surface area contributed by atoms with E-state index in [1.165, 1.54) is 12.8 Å². The molecule has 1 N–H and O–H groups in total. The van der Waals surface area contributed by atoms with Crippen molar-refractivity contribution < 1.29 is 0 Å². The standard InChI is InChI=1S/C14H20Cl2N2/c1-2-6-17-9-11-5-7-18(10-11)14-8-12(15)3-4-13(14)16/h3-4,8,11,17H,2,5-7,9-10H2,1H3. The van der Waals surface area contributed by atoms with Gasteiger partial charge in [0, 0.05) is 18.1 Å². The molecule has 1 saturated heterocycles. The molecule has 1 heterocycles. The fraction of sp³-hybridized carbons (Fsp3) is 0.571. The molecule has 0 spiro atoms. The summed E-state index contributed by atoms with van der Waals surface area (Å²) in [6.07, 6.45) is 2.41. The van der Waals surface area contributed by atoms with E-state index in [1.807, 2.05) is 18.2 Å². The van der Waals surface area contributed by atoms with Crippen molar-refractivity contribution in [1.82, 2.24) is 5.32 Å². The Morgan fingerprint density at radius 2 is 2.22 bits per heavy atom. The number of nitrogens with zero attached hydrogens (tertiary/aromatic N) is 1. The number of rotatable bonds is 5. The lowest BCUT2D eigenvalue weighted by atomic mass is 10.1. The van der Waals surface area contributed by atoms with Crippen molar-refractivity contribution in [3.8, 4) is 0 Å². The zero-order valence-electron chi connectivity index (χ0n) is 10.8. The van der Waals surface area contributed by atoms with E-state index in [9.17, 15) is 0 Å². The molecule has 1 aliphatic heterocycles. The van der Waals surface area contributed by atoms with E-state index in [0.29, 0.717) is 5.92 Å². The van der Waals surface area contributed by atoms with E-state index in [1.54, 1.807) is 0 Å². The Labute approximate surface area is 119 Å². The normalized spacial score (nSPS) is 19.5. The molecular formula is C14H20Cl2N2. The Morgan fingerprint density at radius 3 is 3.00 bits per heavy atom. The Morgan fingerprint density at radius 1 is 1.39 bits per heavy atom. The van der Waals surface area contributed by atoms with Crippen LogP contribution in [0.5, 0.6) is 0 Å². The van der Waals surface area contributed by atoms with Gasteiger partial charge in [0.2, 0.25) is 0 Å². The molecule has 1 atom stereocenters. The third kappa shape index (κ3) is 3.53. The molecule has 0 bridgehead atoms. The summed E-state index contributed by atoms with van der Waals surface area (Å²) in [5, 5.41) is 5.03. The lowest BCUT2D eigenvalue weighted by molar-refractivity contribution is 0.516. The van der Waals surface area contributed by atoms with Crippen molar-refractivity contribution in [3.63, 3.8) is 0 Å². The highest BCUT2D eigenvalue weighted by Gasteiger charge is 2.23. The molecule has 2 rings (SSSR count). The highest BCUT2D eigenvalue weighted by Crippen LogP contribution is 2.32. The second-order valence-corrected chi connectivity index (χ2v) is 5.74. The molecule has 0 aromatic heterocycles. The van der Waals surface area contributed by atoms with Crippen molar-refractivity contribution >= 4 is 28.9 Å². The molecule has 4 heteroatoms. The highest BCUT2D eigenvalue weighted by molar-refractivity contribution is 6.35. The first-order valence-electron chi connectivity index (χ1n) is 6.61. The van der Waals surface area contributed by atoms with Crippen molar-refractivity contribution in [1.29, 1.82) is 0 Å². The fourth-order valence-electron chi connectivity index (χ4n) is 2.43. The Bertz CT molecular complexity index is 395. The number of nitrogens with one attached hydrogen (secondary N) is 1. The first kappa shape index (κ1) is 14.0. The van der Waals surface area contributed by atoms with Crippen LogP contribution in [0.2, 0.25) is 10.0 Å². The van der Waals surface area contributed by atoms with Crippen LogP contribution in [0.3, 0.4) is 0 Å². The maximum Gasteiger partial charge on any atom is 0.0640 e. The molecule has 2 nitrogen and oxygen atoms in total. The Kier molecular flexibility index (Phi) is 5.16. The average Bonchev–Trinajstić information content (AvgIpc) is 2.81. The molecular weight excluding hydrogens is 267 g/mol. The van der Waals surface area contributed by atoms with Gasteiger partial charge in [0.05, 0.1) is 10.7 Å². The van der Waals surface area contributed by atoms with E-state index < -0.39 is 0 Å². The molecule has 0 saturated carbocycles. The van der Waals surface area contributed by atoms with Crippen LogP contribution in [0, 0.1) is 5.92 Å². The summed E-state index contributed by atoms with van der Waals surface area (Å²) in [4.78, 5) is 2.34. The molecule has 0 aliphatic carbocycles. The monoisotopic (exact) mass is 286 g/mol. The molecule has 1 aliphatic rings. The molecule has 1 aromatic carbocycles. The van der Waals surface area contributed by atoms with Gasteiger partial charge in [0.15, 0.2) is 0 Å². The molecule has 1 aromatic rings. The molecule has 0 radical (unpaired) electrons. The summed E-state index contributed by atoms with van der Waals surface area (Å²) < 4.78 is 0. The van der Waals surface area contributed by atoms with Gasteiger partial charge in [0.25, 0.3) is 0 Å². The van der Waals surface area contributed by atoms with Crippen LogP contribution in [0.15, 0.2) is 18.2 Å². The van der Waals surface area contributed by atoms with Gasteiger partial charge in [-0.05, 0) is 50.0 Å². The van der Waals surface area contributed by atoms with Crippen molar-refractivity contribution in [2.24, 2.45) is 5.92 Å². The largest absolute Gasteiger partial charge is 0.370 e. The topological polar surface area (TPSA) is 15.3 Å². The molecule has 0 amide bonds. The third-order valence-electron chi connectivity index (χ3n) is 3.39. The summed E-state index contributed by atoms with van der Waals surface area (Å²) in [5.74, 6) is 0.714. The summed E-state index contributed by atoms with van der Waals surface area (Å²) >= 11 is 12.3. The quantitative estimate of drug-likeness (QED) is 0.828. The number of anilines is 1. The number of benzene rings is 1. The van der Waals surface area contributed by atoms with Crippen LogP contribution in [-0.2, 0) is 0 Å². The zero-order valence-corrected chi connectivity index (χ0v) is 12.3. The minimum atomic E-state index is 0.714. The van der Waals surface area contributed by atoms with Gasteiger partial charge in [-0.25, -0.2) is 0 Å².